The molecule has 1 aromatic heterocycles. The van der Waals surface area contributed by atoms with Crippen molar-refractivity contribution in [1.29, 1.82) is 0 Å². The van der Waals surface area contributed by atoms with E-state index in [0.29, 0.717) is 52.9 Å². The zero-order chi connectivity index (χ0) is 19.4. The van der Waals surface area contributed by atoms with Gasteiger partial charge in [0.2, 0.25) is 5.91 Å². The largest absolute Gasteiger partial charge is 0.356 e. The Kier molecular flexibility index (Phi) is 6.34. The second-order valence-corrected chi connectivity index (χ2v) is 7.12. The molecular weight excluding hydrogens is 388 g/mol. The fourth-order valence-corrected chi connectivity index (χ4v) is 3.25. The molecule has 0 bridgehead atoms. The molecule has 0 aliphatic rings. The summed E-state index contributed by atoms with van der Waals surface area (Å²) in [6, 6.07) is 10.0. The first kappa shape index (κ1) is 19.6. The predicted molar refractivity (Wildman–Crippen MR) is 107 cm³/mol. The van der Waals surface area contributed by atoms with E-state index in [1.54, 1.807) is 30.3 Å². The summed E-state index contributed by atoms with van der Waals surface area (Å²) in [5.41, 5.74) is 1.99. The highest BCUT2D eigenvalue weighted by atomic mass is 35.5. The number of hydrogen-bond acceptors (Lipinski definition) is 2. The van der Waals surface area contributed by atoms with Crippen molar-refractivity contribution in [2.24, 2.45) is 0 Å². The number of carbonyl (C=O) groups excluding carboxylic acids is 1. The molecule has 4 nitrogen and oxygen atoms in total. The first-order chi connectivity index (χ1) is 13.0. The van der Waals surface area contributed by atoms with Crippen LogP contribution >= 0.6 is 23.2 Å². The van der Waals surface area contributed by atoms with Crippen LogP contribution < -0.4 is 5.32 Å². The Morgan fingerprint density at radius 1 is 1.22 bits per heavy atom. The van der Waals surface area contributed by atoms with E-state index < -0.39 is 0 Å². The van der Waals surface area contributed by atoms with E-state index >= 15 is 0 Å². The molecule has 1 amide bonds. The van der Waals surface area contributed by atoms with Crippen LogP contribution in [0.1, 0.15) is 31.2 Å². The number of nitrogens with zero attached hydrogens (tertiary/aromatic N) is 2. The van der Waals surface area contributed by atoms with Crippen molar-refractivity contribution in [3.8, 4) is 0 Å². The number of nitrogens with one attached hydrogen (secondary N) is 1. The number of fused-ring (bicyclic) bond motifs is 1. The number of imidazole rings is 1. The smallest absolute Gasteiger partial charge is 0.221 e. The standard InChI is InChI=1S/C20H20Cl2FN3O/c1-2-8-24-20(27)7-9-26-18-12-15(22)14(21)11-17(18)25-19(26)10-13-5-3-4-6-16(13)23/h3-6,11-12H,2,7-10H2,1H3,(H,24,27). The van der Waals surface area contributed by atoms with Crippen molar-refractivity contribution in [2.45, 2.75) is 32.7 Å². The van der Waals surface area contributed by atoms with Gasteiger partial charge in [-0.2, -0.15) is 0 Å². The van der Waals surface area contributed by atoms with E-state index in [0.717, 1.165) is 11.9 Å². The summed E-state index contributed by atoms with van der Waals surface area (Å²) in [6.45, 7) is 3.07. The van der Waals surface area contributed by atoms with Gasteiger partial charge in [-0.3, -0.25) is 4.79 Å². The van der Waals surface area contributed by atoms with Gasteiger partial charge in [-0.05, 0) is 30.2 Å². The topological polar surface area (TPSA) is 46.9 Å². The Morgan fingerprint density at radius 2 is 1.96 bits per heavy atom. The van der Waals surface area contributed by atoms with Gasteiger partial charge in [-0.25, -0.2) is 9.37 Å². The molecule has 7 heteroatoms. The van der Waals surface area contributed by atoms with Crippen LogP contribution in [0, 0.1) is 5.82 Å². The van der Waals surface area contributed by atoms with Gasteiger partial charge in [-0.15, -0.1) is 0 Å². The highest BCUT2D eigenvalue weighted by molar-refractivity contribution is 6.42. The third-order valence-corrected chi connectivity index (χ3v) is 5.03. The van der Waals surface area contributed by atoms with E-state index in [2.05, 4.69) is 10.3 Å². The third-order valence-electron chi connectivity index (χ3n) is 4.31. The van der Waals surface area contributed by atoms with Crippen LogP contribution in [0.3, 0.4) is 0 Å². The minimum absolute atomic E-state index is 0.0318. The molecule has 27 heavy (non-hydrogen) atoms. The van der Waals surface area contributed by atoms with Crippen molar-refractivity contribution in [1.82, 2.24) is 14.9 Å². The average molecular weight is 408 g/mol. The van der Waals surface area contributed by atoms with E-state index in [9.17, 15) is 9.18 Å². The van der Waals surface area contributed by atoms with Crippen LogP contribution in [0.5, 0.6) is 0 Å². The normalized spacial score (nSPS) is 11.1. The number of aromatic nitrogens is 2. The molecule has 0 saturated carbocycles. The SMILES string of the molecule is CCCNC(=O)CCn1c(Cc2ccccc2F)nc2cc(Cl)c(Cl)cc21. The molecule has 0 saturated heterocycles. The van der Waals surface area contributed by atoms with Crippen molar-refractivity contribution in [3.63, 3.8) is 0 Å². The van der Waals surface area contributed by atoms with Crippen molar-refractivity contribution < 1.29 is 9.18 Å². The molecule has 3 aromatic rings. The summed E-state index contributed by atoms with van der Waals surface area (Å²) in [4.78, 5) is 16.6. The predicted octanol–water partition coefficient (Wildman–Crippen LogP) is 4.99. The Bertz CT molecular complexity index is 971. The van der Waals surface area contributed by atoms with E-state index in [4.69, 9.17) is 23.2 Å². The maximum absolute atomic E-state index is 14.1. The molecule has 2 aromatic carbocycles. The number of halogens is 3. The van der Waals surface area contributed by atoms with Gasteiger partial charge in [0, 0.05) is 25.9 Å². The summed E-state index contributed by atoms with van der Waals surface area (Å²) < 4.78 is 16.0. The quantitative estimate of drug-likeness (QED) is 0.599. The fraction of sp³-hybridized carbons (Fsp3) is 0.300. The fourth-order valence-electron chi connectivity index (χ4n) is 2.93. The molecule has 1 N–H and O–H groups in total. The van der Waals surface area contributed by atoms with Crippen LogP contribution in [0.4, 0.5) is 4.39 Å². The van der Waals surface area contributed by atoms with Crippen LogP contribution in [-0.2, 0) is 17.8 Å². The Morgan fingerprint density at radius 3 is 2.70 bits per heavy atom. The maximum atomic E-state index is 14.1. The molecular formula is C20H20Cl2FN3O. The number of rotatable bonds is 7. The molecule has 0 aliphatic carbocycles. The third kappa shape index (κ3) is 4.60. The monoisotopic (exact) mass is 407 g/mol. The van der Waals surface area contributed by atoms with Gasteiger partial charge >= 0.3 is 0 Å². The number of amides is 1. The molecule has 1 heterocycles. The highest BCUT2D eigenvalue weighted by Gasteiger charge is 2.16. The first-order valence-corrected chi connectivity index (χ1v) is 9.59. The van der Waals surface area contributed by atoms with Crippen molar-refractivity contribution in [2.75, 3.05) is 6.54 Å². The average Bonchev–Trinajstić information content (AvgIpc) is 2.96. The van der Waals surface area contributed by atoms with E-state index in [-0.39, 0.29) is 11.7 Å². The van der Waals surface area contributed by atoms with Crippen LogP contribution in [0.15, 0.2) is 36.4 Å². The van der Waals surface area contributed by atoms with Crippen molar-refractivity contribution in [3.05, 3.63) is 63.6 Å². The zero-order valence-electron chi connectivity index (χ0n) is 14.9. The molecule has 142 valence electrons. The lowest BCUT2D eigenvalue weighted by Crippen LogP contribution is -2.25. The lowest BCUT2D eigenvalue weighted by molar-refractivity contribution is -0.121. The Labute approximate surface area is 167 Å². The summed E-state index contributed by atoms with van der Waals surface area (Å²) in [5.74, 6) is 0.347. The summed E-state index contributed by atoms with van der Waals surface area (Å²) in [5, 5.41) is 3.69. The molecule has 0 aliphatic heterocycles. The highest BCUT2D eigenvalue weighted by Crippen LogP contribution is 2.29. The zero-order valence-corrected chi connectivity index (χ0v) is 16.4. The number of hydrogen-bond donors (Lipinski definition) is 1. The van der Waals surface area contributed by atoms with E-state index in [1.807, 2.05) is 11.5 Å². The maximum Gasteiger partial charge on any atom is 0.221 e. The molecule has 0 fully saturated rings. The van der Waals surface area contributed by atoms with Gasteiger partial charge in [0.1, 0.15) is 11.6 Å². The van der Waals surface area contributed by atoms with Crippen LogP contribution in [0.25, 0.3) is 11.0 Å². The second-order valence-electron chi connectivity index (χ2n) is 6.30. The first-order valence-electron chi connectivity index (χ1n) is 8.84. The summed E-state index contributed by atoms with van der Waals surface area (Å²) in [7, 11) is 0. The van der Waals surface area contributed by atoms with Gasteiger partial charge in [0.15, 0.2) is 0 Å². The number of carbonyl (C=O) groups is 1. The van der Waals surface area contributed by atoms with Crippen molar-refractivity contribution >= 4 is 40.1 Å². The summed E-state index contributed by atoms with van der Waals surface area (Å²) >= 11 is 12.3. The van der Waals surface area contributed by atoms with E-state index in [1.165, 1.54) is 6.07 Å². The van der Waals surface area contributed by atoms with Crippen LogP contribution in [-0.4, -0.2) is 22.0 Å². The van der Waals surface area contributed by atoms with Gasteiger partial charge in [0.25, 0.3) is 0 Å². The number of aryl methyl sites for hydroxylation is 1. The minimum Gasteiger partial charge on any atom is -0.356 e. The lowest BCUT2D eigenvalue weighted by Gasteiger charge is -2.10. The Hall–Kier alpha value is -2.11. The van der Waals surface area contributed by atoms with Crippen LogP contribution in [0.2, 0.25) is 10.0 Å². The Balaban J connectivity index is 1.95. The molecule has 3 rings (SSSR count). The molecule has 0 radical (unpaired) electrons. The second kappa shape index (κ2) is 8.72. The number of benzene rings is 2. The lowest BCUT2D eigenvalue weighted by atomic mass is 10.1. The minimum atomic E-state index is -0.284. The summed E-state index contributed by atoms with van der Waals surface area (Å²) in [6.07, 6.45) is 1.50. The molecule has 0 unspecified atom stereocenters. The van der Waals surface area contributed by atoms with Gasteiger partial charge in [-0.1, -0.05) is 48.3 Å². The molecule has 0 spiro atoms. The van der Waals surface area contributed by atoms with Gasteiger partial charge < -0.3 is 9.88 Å². The molecule has 0 atom stereocenters. The van der Waals surface area contributed by atoms with Gasteiger partial charge in [0.05, 0.1) is 21.1 Å².